The van der Waals surface area contributed by atoms with E-state index in [0.717, 1.165) is 12.7 Å². The van der Waals surface area contributed by atoms with Crippen LogP contribution in [0.1, 0.15) is 29.3 Å². The molecule has 0 saturated carbocycles. The molecule has 5 heteroatoms. The molecule has 0 spiro atoms. The molecule has 16 heavy (non-hydrogen) atoms. The number of aromatic amines is 1. The number of fused-ring (bicyclic) bond motifs is 1. The second-order valence-corrected chi connectivity index (χ2v) is 5.16. The summed E-state index contributed by atoms with van der Waals surface area (Å²) < 4.78 is 0. The van der Waals surface area contributed by atoms with Crippen molar-refractivity contribution in [1.82, 2.24) is 9.97 Å². The van der Waals surface area contributed by atoms with E-state index in [9.17, 15) is 9.59 Å². The predicted octanol–water partition coefficient (Wildman–Crippen LogP) is 2.00. The van der Waals surface area contributed by atoms with Crippen LogP contribution in [0.15, 0.2) is 10.9 Å². The highest BCUT2D eigenvalue weighted by Crippen LogP contribution is 2.19. The normalized spacial score (nSPS) is 11.2. The summed E-state index contributed by atoms with van der Waals surface area (Å²) in [6.07, 6.45) is 1.48. The van der Waals surface area contributed by atoms with E-state index in [1.54, 1.807) is 6.07 Å². The van der Waals surface area contributed by atoms with E-state index in [1.165, 1.54) is 11.3 Å². The summed E-state index contributed by atoms with van der Waals surface area (Å²) in [6.45, 7) is 4.13. The van der Waals surface area contributed by atoms with Gasteiger partial charge in [-0.25, -0.2) is 4.98 Å². The molecule has 2 heterocycles. The van der Waals surface area contributed by atoms with E-state index in [1.807, 2.05) is 0 Å². The van der Waals surface area contributed by atoms with Crippen molar-refractivity contribution >= 4 is 27.8 Å². The van der Waals surface area contributed by atoms with E-state index < -0.39 is 0 Å². The zero-order valence-electron chi connectivity index (χ0n) is 9.11. The van der Waals surface area contributed by atoms with Crippen molar-refractivity contribution in [2.45, 2.75) is 20.3 Å². The summed E-state index contributed by atoms with van der Waals surface area (Å²) >= 11 is 1.25. The van der Waals surface area contributed by atoms with Gasteiger partial charge < -0.3 is 4.98 Å². The van der Waals surface area contributed by atoms with Gasteiger partial charge in [0, 0.05) is 6.42 Å². The first-order valence-corrected chi connectivity index (χ1v) is 5.89. The van der Waals surface area contributed by atoms with E-state index in [-0.39, 0.29) is 5.56 Å². The summed E-state index contributed by atoms with van der Waals surface area (Å²) in [7, 11) is 0. The lowest BCUT2D eigenvalue weighted by molar-refractivity contribution is 0.112. The first-order valence-electron chi connectivity index (χ1n) is 5.08. The van der Waals surface area contributed by atoms with Crippen LogP contribution in [0.5, 0.6) is 0 Å². The molecule has 2 aromatic heterocycles. The number of aromatic nitrogens is 2. The number of H-pyrrole nitrogens is 1. The Morgan fingerprint density at radius 3 is 2.94 bits per heavy atom. The highest BCUT2D eigenvalue weighted by molar-refractivity contribution is 7.20. The van der Waals surface area contributed by atoms with Crippen molar-refractivity contribution in [3.63, 3.8) is 0 Å². The van der Waals surface area contributed by atoms with Gasteiger partial charge in [-0.1, -0.05) is 13.8 Å². The van der Waals surface area contributed by atoms with Gasteiger partial charge in [0.2, 0.25) is 0 Å². The first kappa shape index (κ1) is 11.0. The number of aldehydes is 1. The Morgan fingerprint density at radius 2 is 2.31 bits per heavy atom. The van der Waals surface area contributed by atoms with Crippen molar-refractivity contribution in [3.8, 4) is 0 Å². The maximum Gasteiger partial charge on any atom is 0.259 e. The zero-order valence-corrected chi connectivity index (χ0v) is 9.93. The molecule has 0 amide bonds. The topological polar surface area (TPSA) is 62.8 Å². The van der Waals surface area contributed by atoms with E-state index >= 15 is 0 Å². The van der Waals surface area contributed by atoms with Gasteiger partial charge >= 0.3 is 0 Å². The number of hydrogen-bond acceptors (Lipinski definition) is 4. The number of rotatable bonds is 3. The number of carbonyl (C=O) groups is 1. The Labute approximate surface area is 96.3 Å². The van der Waals surface area contributed by atoms with Crippen LogP contribution in [0.3, 0.4) is 0 Å². The Kier molecular flexibility index (Phi) is 2.87. The van der Waals surface area contributed by atoms with Crippen LogP contribution >= 0.6 is 11.3 Å². The van der Waals surface area contributed by atoms with Crippen LogP contribution in [0.25, 0.3) is 10.2 Å². The van der Waals surface area contributed by atoms with Crippen LogP contribution < -0.4 is 5.56 Å². The fraction of sp³-hybridized carbons (Fsp3) is 0.364. The maximum absolute atomic E-state index is 11.7. The molecule has 0 saturated heterocycles. The molecule has 0 bridgehead atoms. The first-order chi connectivity index (χ1) is 7.60. The molecule has 0 fully saturated rings. The third-order valence-electron chi connectivity index (χ3n) is 2.19. The Morgan fingerprint density at radius 1 is 1.56 bits per heavy atom. The molecule has 0 atom stereocenters. The van der Waals surface area contributed by atoms with Gasteiger partial charge in [-0.05, 0) is 12.0 Å². The molecule has 2 aromatic rings. The molecule has 0 aromatic carbocycles. The SMILES string of the molecule is CC(C)Cc1nc2sc(C=O)cc2c(=O)[nH]1. The maximum atomic E-state index is 11.7. The van der Waals surface area contributed by atoms with Gasteiger partial charge in [-0.2, -0.15) is 0 Å². The van der Waals surface area contributed by atoms with Gasteiger partial charge in [-0.3, -0.25) is 9.59 Å². The highest BCUT2D eigenvalue weighted by atomic mass is 32.1. The molecule has 0 aliphatic heterocycles. The third kappa shape index (κ3) is 2.04. The molecule has 84 valence electrons. The van der Waals surface area contributed by atoms with Crippen molar-refractivity contribution in [1.29, 1.82) is 0 Å². The number of hydrogen-bond donors (Lipinski definition) is 1. The largest absolute Gasteiger partial charge is 0.310 e. The van der Waals surface area contributed by atoms with E-state index in [0.29, 0.717) is 26.8 Å². The number of thiophene rings is 1. The van der Waals surface area contributed by atoms with Crippen LogP contribution in [-0.4, -0.2) is 16.3 Å². The number of nitrogens with one attached hydrogen (secondary N) is 1. The quantitative estimate of drug-likeness (QED) is 0.829. The fourth-order valence-corrected chi connectivity index (χ4v) is 2.40. The minimum Gasteiger partial charge on any atom is -0.310 e. The number of carbonyl (C=O) groups excluding carboxylic acids is 1. The van der Waals surface area contributed by atoms with Crippen LogP contribution in [0, 0.1) is 5.92 Å². The van der Waals surface area contributed by atoms with Gasteiger partial charge in [0.25, 0.3) is 5.56 Å². The highest BCUT2D eigenvalue weighted by Gasteiger charge is 2.09. The standard InChI is InChI=1S/C11H12N2O2S/c1-6(2)3-9-12-10(15)8-4-7(5-14)16-11(8)13-9/h4-6H,3H2,1-2H3,(H,12,13,15). The molecule has 1 N–H and O–H groups in total. The second-order valence-electron chi connectivity index (χ2n) is 4.10. The summed E-state index contributed by atoms with van der Waals surface area (Å²) in [4.78, 5) is 30.6. The lowest BCUT2D eigenvalue weighted by Gasteiger charge is -2.02. The van der Waals surface area contributed by atoms with Crippen molar-refractivity contribution in [2.24, 2.45) is 5.92 Å². The molecular formula is C11H12N2O2S. The van der Waals surface area contributed by atoms with Crippen molar-refractivity contribution in [2.75, 3.05) is 0 Å². The third-order valence-corrected chi connectivity index (χ3v) is 3.14. The number of nitrogens with zero attached hydrogens (tertiary/aromatic N) is 1. The van der Waals surface area contributed by atoms with Crippen LogP contribution in [0.4, 0.5) is 0 Å². The molecule has 4 nitrogen and oxygen atoms in total. The van der Waals surface area contributed by atoms with Gasteiger partial charge in [0.15, 0.2) is 6.29 Å². The summed E-state index contributed by atoms with van der Waals surface area (Å²) in [6, 6.07) is 1.58. The molecular weight excluding hydrogens is 224 g/mol. The van der Waals surface area contributed by atoms with Crippen LogP contribution in [0.2, 0.25) is 0 Å². The molecule has 0 aliphatic carbocycles. The second kappa shape index (κ2) is 4.17. The summed E-state index contributed by atoms with van der Waals surface area (Å²) in [5, 5.41) is 0.500. The Balaban J connectivity index is 2.57. The lowest BCUT2D eigenvalue weighted by Crippen LogP contribution is -2.12. The van der Waals surface area contributed by atoms with E-state index in [2.05, 4.69) is 23.8 Å². The zero-order chi connectivity index (χ0) is 11.7. The minimum absolute atomic E-state index is 0.162. The van der Waals surface area contributed by atoms with Crippen molar-refractivity contribution < 1.29 is 4.79 Å². The smallest absolute Gasteiger partial charge is 0.259 e. The predicted molar refractivity (Wildman–Crippen MR) is 64.2 cm³/mol. The van der Waals surface area contributed by atoms with Gasteiger partial charge in [0.1, 0.15) is 10.7 Å². The lowest BCUT2D eigenvalue weighted by atomic mass is 10.1. The minimum atomic E-state index is -0.162. The fourth-order valence-electron chi connectivity index (χ4n) is 1.54. The van der Waals surface area contributed by atoms with Gasteiger partial charge in [0.05, 0.1) is 10.3 Å². The Bertz CT molecular complexity index is 583. The average molecular weight is 236 g/mol. The molecule has 0 unspecified atom stereocenters. The monoisotopic (exact) mass is 236 g/mol. The summed E-state index contributed by atoms with van der Waals surface area (Å²) in [5.74, 6) is 1.12. The van der Waals surface area contributed by atoms with Crippen LogP contribution in [-0.2, 0) is 6.42 Å². The van der Waals surface area contributed by atoms with Crippen molar-refractivity contribution in [3.05, 3.63) is 27.1 Å². The van der Waals surface area contributed by atoms with Gasteiger partial charge in [-0.15, -0.1) is 11.3 Å². The molecule has 0 radical (unpaired) electrons. The average Bonchev–Trinajstić information content (AvgIpc) is 2.60. The van der Waals surface area contributed by atoms with E-state index in [4.69, 9.17) is 0 Å². The molecule has 0 aliphatic rings. The molecule has 2 rings (SSSR count). The Hall–Kier alpha value is -1.49. The summed E-state index contributed by atoms with van der Waals surface area (Å²) in [5.41, 5.74) is -0.162.